The molecule has 0 aliphatic carbocycles. The fraction of sp³-hybridized carbons (Fsp3) is 0.167. The average molecular weight is 234 g/mol. The van der Waals surface area contributed by atoms with E-state index < -0.39 is 11.9 Å². The van der Waals surface area contributed by atoms with Gasteiger partial charge >= 0.3 is 5.97 Å². The molecule has 5 nitrogen and oxygen atoms in total. The highest BCUT2D eigenvalue weighted by molar-refractivity contribution is 5.95. The number of rotatable bonds is 4. The topological polar surface area (TPSA) is 95.4 Å². The molecule has 0 fully saturated rings. The van der Waals surface area contributed by atoms with Gasteiger partial charge in [-0.2, -0.15) is 0 Å². The van der Waals surface area contributed by atoms with Crippen molar-refractivity contribution in [1.29, 1.82) is 0 Å². The fourth-order valence-electron chi connectivity index (χ4n) is 1.29. The molecule has 5 heteroatoms. The lowest BCUT2D eigenvalue weighted by molar-refractivity contribution is -0.117. The zero-order chi connectivity index (χ0) is 12.8. The van der Waals surface area contributed by atoms with Crippen LogP contribution in [0.25, 0.3) is 6.08 Å². The number of anilines is 1. The summed E-state index contributed by atoms with van der Waals surface area (Å²) >= 11 is 0. The highest BCUT2D eigenvalue weighted by atomic mass is 16.5. The van der Waals surface area contributed by atoms with E-state index in [4.69, 9.17) is 11.5 Å². The van der Waals surface area contributed by atoms with Crippen LogP contribution in [0.4, 0.5) is 5.69 Å². The van der Waals surface area contributed by atoms with E-state index in [2.05, 4.69) is 4.74 Å². The van der Waals surface area contributed by atoms with Crippen LogP contribution >= 0.6 is 0 Å². The summed E-state index contributed by atoms with van der Waals surface area (Å²) in [5.41, 5.74) is 12.1. The number of esters is 1. The molecule has 0 atom stereocenters. The van der Waals surface area contributed by atoms with Crippen molar-refractivity contribution in [2.75, 3.05) is 12.8 Å². The molecule has 0 aliphatic heterocycles. The molecule has 0 aromatic heterocycles. The van der Waals surface area contributed by atoms with Gasteiger partial charge in [0.25, 0.3) is 0 Å². The Morgan fingerprint density at radius 3 is 2.65 bits per heavy atom. The quantitative estimate of drug-likeness (QED) is 0.598. The monoisotopic (exact) mass is 234 g/mol. The minimum absolute atomic E-state index is 0.165. The Bertz CT molecular complexity index is 467. The molecule has 0 heterocycles. The third kappa shape index (κ3) is 3.64. The van der Waals surface area contributed by atoms with E-state index in [0.29, 0.717) is 11.3 Å². The molecular formula is C12H14N2O3. The Hall–Kier alpha value is -2.30. The molecule has 4 N–H and O–H groups in total. The molecule has 90 valence electrons. The first kappa shape index (κ1) is 12.8. The Kier molecular flexibility index (Phi) is 4.28. The lowest BCUT2D eigenvalue weighted by Crippen LogP contribution is -2.08. The zero-order valence-corrected chi connectivity index (χ0v) is 9.47. The van der Waals surface area contributed by atoms with Crippen molar-refractivity contribution < 1.29 is 14.3 Å². The molecular weight excluding hydrogens is 220 g/mol. The van der Waals surface area contributed by atoms with Gasteiger partial charge < -0.3 is 16.2 Å². The molecule has 0 saturated heterocycles. The number of primary amides is 1. The minimum Gasteiger partial charge on any atom is -0.465 e. The lowest BCUT2D eigenvalue weighted by Gasteiger charge is -2.04. The SMILES string of the molecule is COC(=O)c1ccc(C=CCC(N)=O)cc1N. The first-order chi connectivity index (χ1) is 8.04. The predicted octanol–water partition coefficient (Wildman–Crippen LogP) is 0.944. The van der Waals surface area contributed by atoms with Gasteiger partial charge in [0.05, 0.1) is 12.7 Å². The maximum Gasteiger partial charge on any atom is 0.339 e. The van der Waals surface area contributed by atoms with Crippen molar-refractivity contribution in [3.05, 3.63) is 35.4 Å². The normalized spacial score (nSPS) is 10.4. The summed E-state index contributed by atoms with van der Waals surface area (Å²) in [6.45, 7) is 0. The Balaban J connectivity index is 2.85. The molecule has 0 unspecified atom stereocenters. The molecule has 1 amide bonds. The summed E-state index contributed by atoms with van der Waals surface area (Å²) in [5.74, 6) is -0.879. The molecule has 0 spiro atoms. The van der Waals surface area contributed by atoms with Crippen LogP contribution in [0.1, 0.15) is 22.3 Å². The van der Waals surface area contributed by atoms with E-state index in [1.807, 2.05) is 0 Å². The second-order valence-electron chi connectivity index (χ2n) is 3.41. The van der Waals surface area contributed by atoms with Crippen LogP contribution in [0.3, 0.4) is 0 Å². The Morgan fingerprint density at radius 2 is 2.12 bits per heavy atom. The van der Waals surface area contributed by atoms with E-state index in [-0.39, 0.29) is 6.42 Å². The first-order valence-electron chi connectivity index (χ1n) is 4.97. The van der Waals surface area contributed by atoms with Crippen molar-refractivity contribution in [1.82, 2.24) is 0 Å². The van der Waals surface area contributed by atoms with Crippen LogP contribution in [0.15, 0.2) is 24.3 Å². The fourth-order valence-corrected chi connectivity index (χ4v) is 1.29. The Morgan fingerprint density at radius 1 is 1.41 bits per heavy atom. The standard InChI is InChI=1S/C12H14N2O3/c1-17-12(16)9-6-5-8(7-10(9)13)3-2-4-11(14)15/h2-3,5-7H,4,13H2,1H3,(H2,14,15). The number of hydrogen-bond donors (Lipinski definition) is 2. The number of nitrogen functional groups attached to an aromatic ring is 1. The highest BCUT2D eigenvalue weighted by Gasteiger charge is 2.08. The minimum atomic E-state index is -0.477. The zero-order valence-electron chi connectivity index (χ0n) is 9.47. The smallest absolute Gasteiger partial charge is 0.339 e. The van der Waals surface area contributed by atoms with Crippen molar-refractivity contribution >= 4 is 23.6 Å². The van der Waals surface area contributed by atoms with Crippen molar-refractivity contribution in [3.63, 3.8) is 0 Å². The van der Waals surface area contributed by atoms with Gasteiger partial charge in [-0.1, -0.05) is 18.2 Å². The largest absolute Gasteiger partial charge is 0.465 e. The van der Waals surface area contributed by atoms with E-state index in [9.17, 15) is 9.59 Å². The van der Waals surface area contributed by atoms with E-state index in [1.165, 1.54) is 7.11 Å². The van der Waals surface area contributed by atoms with Gasteiger partial charge in [0.1, 0.15) is 0 Å². The summed E-state index contributed by atoms with van der Waals surface area (Å²) < 4.78 is 4.57. The number of amides is 1. The number of ether oxygens (including phenoxy) is 1. The van der Waals surface area contributed by atoms with Crippen LogP contribution in [0, 0.1) is 0 Å². The highest BCUT2D eigenvalue weighted by Crippen LogP contribution is 2.16. The molecule has 17 heavy (non-hydrogen) atoms. The van der Waals surface area contributed by atoms with Crippen LogP contribution in [-0.4, -0.2) is 19.0 Å². The first-order valence-corrected chi connectivity index (χ1v) is 4.97. The van der Waals surface area contributed by atoms with Gasteiger partial charge in [0, 0.05) is 12.1 Å². The maximum absolute atomic E-state index is 11.3. The number of hydrogen-bond acceptors (Lipinski definition) is 4. The number of methoxy groups -OCH3 is 1. The lowest BCUT2D eigenvalue weighted by atomic mass is 10.1. The van der Waals surface area contributed by atoms with Crippen LogP contribution in [0.5, 0.6) is 0 Å². The number of nitrogens with two attached hydrogens (primary N) is 2. The molecule has 1 rings (SSSR count). The number of carbonyl (C=O) groups is 2. The van der Waals surface area contributed by atoms with Gasteiger partial charge in [0.2, 0.25) is 5.91 Å². The van der Waals surface area contributed by atoms with Crippen LogP contribution in [-0.2, 0) is 9.53 Å². The van der Waals surface area contributed by atoms with E-state index in [1.54, 1.807) is 30.4 Å². The third-order valence-corrected chi connectivity index (χ3v) is 2.11. The molecule has 0 radical (unpaired) electrons. The van der Waals surface area contributed by atoms with Crippen LogP contribution < -0.4 is 11.5 Å². The van der Waals surface area contributed by atoms with Gasteiger partial charge in [-0.05, 0) is 17.7 Å². The van der Waals surface area contributed by atoms with Crippen molar-refractivity contribution in [2.45, 2.75) is 6.42 Å². The number of benzene rings is 1. The van der Waals surface area contributed by atoms with E-state index in [0.717, 1.165) is 5.56 Å². The molecule has 0 aliphatic rings. The second kappa shape index (κ2) is 5.69. The van der Waals surface area contributed by atoms with Gasteiger partial charge in [-0.15, -0.1) is 0 Å². The second-order valence-corrected chi connectivity index (χ2v) is 3.41. The maximum atomic E-state index is 11.3. The third-order valence-electron chi connectivity index (χ3n) is 2.11. The molecule has 1 aromatic rings. The summed E-state index contributed by atoms with van der Waals surface area (Å²) in [7, 11) is 1.29. The Labute approximate surface area is 99.0 Å². The van der Waals surface area contributed by atoms with E-state index >= 15 is 0 Å². The van der Waals surface area contributed by atoms with Gasteiger partial charge in [-0.3, -0.25) is 4.79 Å². The molecule has 0 saturated carbocycles. The van der Waals surface area contributed by atoms with Crippen molar-refractivity contribution in [3.8, 4) is 0 Å². The average Bonchev–Trinajstić information content (AvgIpc) is 2.28. The summed E-state index contributed by atoms with van der Waals surface area (Å²) in [5, 5.41) is 0. The summed E-state index contributed by atoms with van der Waals surface area (Å²) in [4.78, 5) is 21.8. The van der Waals surface area contributed by atoms with Crippen molar-refractivity contribution in [2.24, 2.45) is 5.73 Å². The summed E-state index contributed by atoms with van der Waals surface area (Å²) in [6, 6.07) is 4.91. The van der Waals surface area contributed by atoms with Gasteiger partial charge in [0.15, 0.2) is 0 Å². The molecule has 0 bridgehead atoms. The van der Waals surface area contributed by atoms with Gasteiger partial charge in [-0.25, -0.2) is 4.79 Å². The van der Waals surface area contributed by atoms with Crippen LogP contribution in [0.2, 0.25) is 0 Å². The summed E-state index contributed by atoms with van der Waals surface area (Å²) in [6.07, 6.45) is 3.51. The number of carbonyl (C=O) groups excluding carboxylic acids is 2. The predicted molar refractivity (Wildman–Crippen MR) is 65.0 cm³/mol. The molecule has 1 aromatic carbocycles.